The van der Waals surface area contributed by atoms with Crippen molar-refractivity contribution in [2.45, 2.75) is 19.9 Å². The van der Waals surface area contributed by atoms with Gasteiger partial charge in [-0.25, -0.2) is 13.1 Å². The summed E-state index contributed by atoms with van der Waals surface area (Å²) in [5, 5.41) is 11.9. The minimum absolute atomic E-state index is 0.0250. The summed E-state index contributed by atoms with van der Waals surface area (Å²) in [6, 6.07) is 1.60. The van der Waals surface area contributed by atoms with Crippen LogP contribution in [0.2, 0.25) is 0 Å². The Kier molecular flexibility index (Phi) is 4.02. The average Bonchev–Trinajstić information content (AvgIpc) is 2.59. The summed E-state index contributed by atoms with van der Waals surface area (Å²) in [6.07, 6.45) is -0.426. The lowest BCUT2D eigenvalue weighted by Gasteiger charge is -2.02. The molecule has 0 fully saturated rings. The van der Waals surface area contributed by atoms with Gasteiger partial charge in [-0.3, -0.25) is 4.79 Å². The van der Waals surface area contributed by atoms with Gasteiger partial charge in [0.25, 0.3) is 0 Å². The van der Waals surface area contributed by atoms with Gasteiger partial charge in [0.15, 0.2) is 5.76 Å². The number of hydrogen-bond donors (Lipinski definition) is 2. The molecule has 0 saturated heterocycles. The molecule has 1 aromatic heterocycles. The van der Waals surface area contributed by atoms with Crippen LogP contribution in [-0.4, -0.2) is 30.4 Å². The Bertz CT molecular complexity index is 465. The van der Waals surface area contributed by atoms with Gasteiger partial charge in [0.2, 0.25) is 10.0 Å². The third-order valence-corrected chi connectivity index (χ3v) is 3.05. The summed E-state index contributed by atoms with van der Waals surface area (Å²) < 4.78 is 29.6. The van der Waals surface area contributed by atoms with Gasteiger partial charge in [-0.2, -0.15) is 0 Å². The third kappa shape index (κ3) is 4.41. The number of rotatable bonds is 6. The van der Waals surface area contributed by atoms with Crippen molar-refractivity contribution in [2.24, 2.45) is 0 Å². The minimum atomic E-state index is -3.58. The molecule has 0 aliphatic rings. The van der Waals surface area contributed by atoms with Crippen LogP contribution in [0.3, 0.4) is 0 Å². The number of carbonyl (C=O) groups is 1. The van der Waals surface area contributed by atoms with E-state index in [1.54, 1.807) is 13.0 Å². The van der Waals surface area contributed by atoms with E-state index in [1.807, 2.05) is 0 Å². The fourth-order valence-corrected chi connectivity index (χ4v) is 1.92. The summed E-state index contributed by atoms with van der Waals surface area (Å²) in [6.45, 7) is 1.69. The zero-order valence-electron chi connectivity index (χ0n) is 8.63. The lowest BCUT2D eigenvalue weighted by atomic mass is 10.4. The number of nitrogens with zero attached hydrogens (tertiary/aromatic N) is 1. The first kappa shape index (κ1) is 12.7. The standard InChI is InChI=1S/C8H12N2O5S/c1-6-4-7(15-10-6)5-9-16(13,14)3-2-8(11)12/h4,9H,2-3,5H2,1H3,(H,11,12). The number of hydrogen-bond acceptors (Lipinski definition) is 5. The van der Waals surface area contributed by atoms with Crippen molar-refractivity contribution in [3.63, 3.8) is 0 Å². The molecule has 0 amide bonds. The molecule has 2 N–H and O–H groups in total. The van der Waals surface area contributed by atoms with Crippen molar-refractivity contribution < 1.29 is 22.8 Å². The maximum Gasteiger partial charge on any atom is 0.304 e. The van der Waals surface area contributed by atoms with E-state index in [-0.39, 0.29) is 6.54 Å². The van der Waals surface area contributed by atoms with E-state index >= 15 is 0 Å². The predicted octanol–water partition coefficient (Wildman–Crippen LogP) is -0.123. The Morgan fingerprint density at radius 2 is 2.31 bits per heavy atom. The van der Waals surface area contributed by atoms with Crippen molar-refractivity contribution in [1.82, 2.24) is 9.88 Å². The number of sulfonamides is 1. The van der Waals surface area contributed by atoms with Gasteiger partial charge in [0.05, 0.1) is 24.4 Å². The summed E-state index contributed by atoms with van der Waals surface area (Å²) in [4.78, 5) is 10.2. The molecule has 1 aromatic rings. The monoisotopic (exact) mass is 248 g/mol. The zero-order chi connectivity index (χ0) is 12.2. The third-order valence-electron chi connectivity index (χ3n) is 1.73. The SMILES string of the molecule is Cc1cc(CNS(=O)(=O)CCC(=O)O)on1. The number of aromatic nitrogens is 1. The van der Waals surface area contributed by atoms with Crippen LogP contribution in [0, 0.1) is 6.92 Å². The molecule has 0 bridgehead atoms. The van der Waals surface area contributed by atoms with E-state index in [0.717, 1.165) is 0 Å². The fourth-order valence-electron chi connectivity index (χ4n) is 0.975. The van der Waals surface area contributed by atoms with E-state index < -0.39 is 28.2 Å². The second-order valence-electron chi connectivity index (χ2n) is 3.22. The van der Waals surface area contributed by atoms with Gasteiger partial charge in [0, 0.05) is 6.07 Å². The van der Waals surface area contributed by atoms with Crippen molar-refractivity contribution in [1.29, 1.82) is 0 Å². The summed E-state index contributed by atoms with van der Waals surface area (Å²) in [7, 11) is -3.58. The molecule has 0 unspecified atom stereocenters. The van der Waals surface area contributed by atoms with Crippen LogP contribution in [0.5, 0.6) is 0 Å². The highest BCUT2D eigenvalue weighted by molar-refractivity contribution is 7.89. The van der Waals surface area contributed by atoms with Gasteiger partial charge < -0.3 is 9.63 Å². The van der Waals surface area contributed by atoms with E-state index in [1.165, 1.54) is 0 Å². The highest BCUT2D eigenvalue weighted by atomic mass is 32.2. The van der Waals surface area contributed by atoms with Crippen LogP contribution >= 0.6 is 0 Å². The molecular weight excluding hydrogens is 236 g/mol. The molecule has 0 saturated carbocycles. The molecule has 0 spiro atoms. The quantitative estimate of drug-likeness (QED) is 0.726. The lowest BCUT2D eigenvalue weighted by molar-refractivity contribution is -0.136. The molecule has 1 rings (SSSR count). The van der Waals surface area contributed by atoms with E-state index in [9.17, 15) is 13.2 Å². The lowest BCUT2D eigenvalue weighted by Crippen LogP contribution is -2.26. The second kappa shape index (κ2) is 5.08. The van der Waals surface area contributed by atoms with Gasteiger partial charge in [-0.05, 0) is 6.92 Å². The second-order valence-corrected chi connectivity index (χ2v) is 5.14. The van der Waals surface area contributed by atoms with Crippen LogP contribution in [0.25, 0.3) is 0 Å². The largest absolute Gasteiger partial charge is 0.481 e. The molecule has 0 radical (unpaired) electrons. The smallest absolute Gasteiger partial charge is 0.304 e. The molecular formula is C8H12N2O5S. The maximum atomic E-state index is 11.3. The molecule has 0 aromatic carbocycles. The van der Waals surface area contributed by atoms with Gasteiger partial charge in [-0.15, -0.1) is 0 Å². The first-order chi connectivity index (χ1) is 7.39. The van der Waals surface area contributed by atoms with Gasteiger partial charge in [0.1, 0.15) is 0 Å². The number of carboxylic acids is 1. The maximum absolute atomic E-state index is 11.3. The molecule has 0 aliphatic heterocycles. The summed E-state index contributed by atoms with van der Waals surface area (Å²) in [5.74, 6) is -1.22. The van der Waals surface area contributed by atoms with Crippen LogP contribution in [0.1, 0.15) is 17.9 Å². The summed E-state index contributed by atoms with van der Waals surface area (Å²) in [5.41, 5.74) is 0.653. The topological polar surface area (TPSA) is 110 Å². The Balaban J connectivity index is 2.45. The molecule has 1 heterocycles. The number of nitrogens with one attached hydrogen (secondary N) is 1. The Morgan fingerprint density at radius 3 is 2.81 bits per heavy atom. The molecule has 7 nitrogen and oxygen atoms in total. The molecule has 0 aliphatic carbocycles. The van der Waals surface area contributed by atoms with Crippen molar-refractivity contribution in [3.8, 4) is 0 Å². The fraction of sp³-hybridized carbons (Fsp3) is 0.500. The minimum Gasteiger partial charge on any atom is -0.481 e. The normalized spacial score (nSPS) is 11.6. The molecule has 0 atom stereocenters. The Hall–Kier alpha value is -1.41. The highest BCUT2D eigenvalue weighted by Crippen LogP contribution is 2.02. The zero-order valence-corrected chi connectivity index (χ0v) is 9.45. The van der Waals surface area contributed by atoms with E-state index in [0.29, 0.717) is 11.5 Å². The van der Waals surface area contributed by atoms with Crippen molar-refractivity contribution in [2.75, 3.05) is 5.75 Å². The van der Waals surface area contributed by atoms with Crippen molar-refractivity contribution >= 4 is 16.0 Å². The Morgan fingerprint density at radius 1 is 1.62 bits per heavy atom. The van der Waals surface area contributed by atoms with Crippen molar-refractivity contribution in [3.05, 3.63) is 17.5 Å². The first-order valence-corrected chi connectivity index (χ1v) is 6.15. The van der Waals surface area contributed by atoms with E-state index in [4.69, 9.17) is 9.63 Å². The molecule has 90 valence electrons. The highest BCUT2D eigenvalue weighted by Gasteiger charge is 2.13. The molecule has 8 heteroatoms. The van der Waals surface area contributed by atoms with Crippen LogP contribution in [0.4, 0.5) is 0 Å². The number of carboxylic acid groups (broad SMARTS) is 1. The first-order valence-electron chi connectivity index (χ1n) is 4.50. The van der Waals surface area contributed by atoms with Crippen LogP contribution in [-0.2, 0) is 21.4 Å². The van der Waals surface area contributed by atoms with Crippen LogP contribution < -0.4 is 4.72 Å². The summed E-state index contributed by atoms with van der Waals surface area (Å²) >= 11 is 0. The number of aryl methyl sites for hydroxylation is 1. The average molecular weight is 248 g/mol. The van der Waals surface area contributed by atoms with Gasteiger partial charge in [-0.1, -0.05) is 5.16 Å². The van der Waals surface area contributed by atoms with E-state index in [2.05, 4.69) is 9.88 Å². The van der Waals surface area contributed by atoms with Gasteiger partial charge >= 0.3 is 5.97 Å². The van der Waals surface area contributed by atoms with Crippen LogP contribution in [0.15, 0.2) is 10.6 Å². The Labute approximate surface area is 92.5 Å². The predicted molar refractivity (Wildman–Crippen MR) is 54.1 cm³/mol. The number of aliphatic carboxylic acids is 1. The molecule has 16 heavy (non-hydrogen) atoms.